The first-order valence-corrected chi connectivity index (χ1v) is 6.71. The topological polar surface area (TPSA) is 43.4 Å². The lowest BCUT2D eigenvalue weighted by Gasteiger charge is -2.07. The van der Waals surface area contributed by atoms with Crippen molar-refractivity contribution in [2.24, 2.45) is 0 Å². The molecule has 2 aromatic rings. The molecule has 20 heavy (non-hydrogen) atoms. The third kappa shape index (κ3) is 4.24. The van der Waals surface area contributed by atoms with Crippen molar-refractivity contribution in [1.82, 2.24) is 4.98 Å². The first-order valence-electron chi connectivity index (χ1n) is 6.71. The first kappa shape index (κ1) is 14.3. The van der Waals surface area contributed by atoms with Gasteiger partial charge in [-0.3, -0.25) is 0 Å². The molecule has 0 fully saturated rings. The van der Waals surface area contributed by atoms with Crippen molar-refractivity contribution in [2.45, 2.75) is 20.1 Å². The summed E-state index contributed by atoms with van der Waals surface area (Å²) < 4.78 is 10.9. The Labute approximate surface area is 119 Å². The summed E-state index contributed by atoms with van der Waals surface area (Å²) >= 11 is 0. The third-order valence-electron chi connectivity index (χ3n) is 2.85. The van der Waals surface area contributed by atoms with Crippen molar-refractivity contribution in [1.29, 1.82) is 0 Å². The van der Waals surface area contributed by atoms with Crippen LogP contribution in [0.3, 0.4) is 0 Å². The normalized spacial score (nSPS) is 10.3. The van der Waals surface area contributed by atoms with Crippen LogP contribution in [0.5, 0.6) is 5.75 Å². The molecule has 0 saturated heterocycles. The van der Waals surface area contributed by atoms with Crippen LogP contribution in [-0.4, -0.2) is 18.6 Å². The maximum Gasteiger partial charge on any atom is 0.125 e. The third-order valence-corrected chi connectivity index (χ3v) is 2.85. The summed E-state index contributed by atoms with van der Waals surface area (Å²) in [6.07, 6.45) is 1.84. The van der Waals surface area contributed by atoms with Gasteiger partial charge in [0.15, 0.2) is 0 Å². The zero-order valence-electron chi connectivity index (χ0n) is 11.9. The predicted octanol–water partition coefficient (Wildman–Crippen LogP) is 3.24. The van der Waals surface area contributed by atoms with E-state index in [-0.39, 0.29) is 0 Å². The highest BCUT2D eigenvalue weighted by Crippen LogP contribution is 2.14. The van der Waals surface area contributed by atoms with Gasteiger partial charge in [0.05, 0.1) is 20.3 Å². The van der Waals surface area contributed by atoms with Gasteiger partial charge in [-0.05, 0) is 36.2 Å². The number of ether oxygens (including phenoxy) is 2. The van der Waals surface area contributed by atoms with Gasteiger partial charge < -0.3 is 14.8 Å². The molecule has 2 rings (SSSR count). The van der Waals surface area contributed by atoms with Gasteiger partial charge in [-0.1, -0.05) is 18.2 Å². The Balaban J connectivity index is 1.82. The summed E-state index contributed by atoms with van der Waals surface area (Å²) in [5.41, 5.74) is 2.16. The molecule has 0 unspecified atom stereocenters. The number of hydrogen-bond acceptors (Lipinski definition) is 4. The zero-order valence-corrected chi connectivity index (χ0v) is 11.9. The van der Waals surface area contributed by atoms with E-state index in [1.165, 1.54) is 0 Å². The van der Waals surface area contributed by atoms with E-state index in [0.29, 0.717) is 13.2 Å². The Morgan fingerprint density at radius 2 is 1.95 bits per heavy atom. The minimum absolute atomic E-state index is 0.552. The van der Waals surface area contributed by atoms with Gasteiger partial charge in [-0.25, -0.2) is 4.98 Å². The van der Waals surface area contributed by atoms with Gasteiger partial charge in [0, 0.05) is 12.7 Å². The summed E-state index contributed by atoms with van der Waals surface area (Å²) in [6.45, 7) is 4.04. The van der Waals surface area contributed by atoms with Gasteiger partial charge in [-0.15, -0.1) is 0 Å². The summed E-state index contributed by atoms with van der Waals surface area (Å²) in [5, 5.41) is 3.16. The van der Waals surface area contributed by atoms with E-state index < -0.39 is 0 Å². The average molecular weight is 272 g/mol. The van der Waals surface area contributed by atoms with E-state index in [9.17, 15) is 0 Å². The van der Waals surface area contributed by atoms with Crippen LogP contribution >= 0.6 is 0 Å². The summed E-state index contributed by atoms with van der Waals surface area (Å²) in [5.74, 6) is 1.74. The monoisotopic (exact) mass is 272 g/mol. The fourth-order valence-corrected chi connectivity index (χ4v) is 1.84. The molecule has 106 valence electrons. The van der Waals surface area contributed by atoms with Crippen molar-refractivity contribution in [3.8, 4) is 5.75 Å². The average Bonchev–Trinajstić information content (AvgIpc) is 2.50. The van der Waals surface area contributed by atoms with Gasteiger partial charge in [0.1, 0.15) is 11.6 Å². The number of nitrogens with zero attached hydrogens (tertiary/aromatic N) is 1. The number of nitrogens with one attached hydrogen (secondary N) is 1. The molecule has 0 spiro atoms. The second-order valence-electron chi connectivity index (χ2n) is 4.43. The molecule has 4 heteroatoms. The van der Waals surface area contributed by atoms with Crippen molar-refractivity contribution >= 4 is 5.82 Å². The fourth-order valence-electron chi connectivity index (χ4n) is 1.84. The Morgan fingerprint density at radius 1 is 1.10 bits per heavy atom. The van der Waals surface area contributed by atoms with Crippen LogP contribution in [0.15, 0.2) is 42.6 Å². The van der Waals surface area contributed by atoms with Crippen molar-refractivity contribution in [2.75, 3.05) is 19.0 Å². The molecule has 0 aliphatic heterocycles. The second-order valence-corrected chi connectivity index (χ2v) is 4.43. The van der Waals surface area contributed by atoms with E-state index in [1.807, 2.05) is 49.5 Å². The largest absolute Gasteiger partial charge is 0.497 e. The Morgan fingerprint density at radius 3 is 2.65 bits per heavy atom. The summed E-state index contributed by atoms with van der Waals surface area (Å²) in [6, 6.07) is 11.9. The Bertz CT molecular complexity index is 526. The van der Waals surface area contributed by atoms with Gasteiger partial charge in [0.25, 0.3) is 0 Å². The molecular formula is C16H20N2O2. The first-order chi connectivity index (χ1) is 9.81. The van der Waals surface area contributed by atoms with Gasteiger partial charge in [0.2, 0.25) is 0 Å². The Kier molecular flexibility index (Phi) is 5.38. The Hall–Kier alpha value is -2.07. The summed E-state index contributed by atoms with van der Waals surface area (Å²) in [4.78, 5) is 4.31. The molecule has 4 nitrogen and oxygen atoms in total. The smallest absolute Gasteiger partial charge is 0.125 e. The molecule has 0 amide bonds. The molecule has 1 N–H and O–H groups in total. The van der Waals surface area contributed by atoms with E-state index in [1.54, 1.807) is 7.11 Å². The van der Waals surface area contributed by atoms with E-state index in [2.05, 4.69) is 10.3 Å². The quantitative estimate of drug-likeness (QED) is 0.840. The second kappa shape index (κ2) is 7.50. The van der Waals surface area contributed by atoms with E-state index >= 15 is 0 Å². The molecule has 1 heterocycles. The lowest BCUT2D eigenvalue weighted by Crippen LogP contribution is -2.00. The van der Waals surface area contributed by atoms with Crippen LogP contribution in [0.2, 0.25) is 0 Å². The lowest BCUT2D eigenvalue weighted by atomic mass is 10.2. The molecule has 0 aliphatic carbocycles. The standard InChI is InChI=1S/C16H20N2O2/c1-3-17-16-8-7-14(10-18-16)12-20-11-13-5-4-6-15(9-13)19-2/h4-10H,3,11-12H2,1-2H3,(H,17,18). The summed E-state index contributed by atoms with van der Waals surface area (Å²) in [7, 11) is 1.66. The number of aromatic nitrogens is 1. The molecule has 0 atom stereocenters. The number of anilines is 1. The maximum absolute atomic E-state index is 5.69. The van der Waals surface area contributed by atoms with Gasteiger partial charge >= 0.3 is 0 Å². The van der Waals surface area contributed by atoms with Crippen LogP contribution in [-0.2, 0) is 18.0 Å². The number of methoxy groups -OCH3 is 1. The number of pyridine rings is 1. The molecule has 0 saturated carbocycles. The van der Waals surface area contributed by atoms with Gasteiger partial charge in [-0.2, -0.15) is 0 Å². The zero-order chi connectivity index (χ0) is 14.2. The lowest BCUT2D eigenvalue weighted by molar-refractivity contribution is 0.107. The number of rotatable bonds is 7. The van der Waals surface area contributed by atoms with Crippen LogP contribution in [0, 0.1) is 0 Å². The molecule has 1 aromatic heterocycles. The molecule has 1 aromatic carbocycles. The van der Waals surface area contributed by atoms with E-state index in [4.69, 9.17) is 9.47 Å². The van der Waals surface area contributed by atoms with Crippen LogP contribution in [0.1, 0.15) is 18.1 Å². The van der Waals surface area contributed by atoms with Crippen LogP contribution in [0.25, 0.3) is 0 Å². The highest BCUT2D eigenvalue weighted by molar-refractivity contribution is 5.35. The molecule has 0 radical (unpaired) electrons. The minimum atomic E-state index is 0.552. The highest BCUT2D eigenvalue weighted by Gasteiger charge is 1.98. The minimum Gasteiger partial charge on any atom is -0.497 e. The molecule has 0 aliphatic rings. The van der Waals surface area contributed by atoms with Crippen molar-refractivity contribution in [3.05, 3.63) is 53.7 Å². The van der Waals surface area contributed by atoms with Crippen LogP contribution < -0.4 is 10.1 Å². The molecular weight excluding hydrogens is 252 g/mol. The highest BCUT2D eigenvalue weighted by atomic mass is 16.5. The van der Waals surface area contributed by atoms with Crippen LogP contribution in [0.4, 0.5) is 5.82 Å². The van der Waals surface area contributed by atoms with Crippen molar-refractivity contribution < 1.29 is 9.47 Å². The van der Waals surface area contributed by atoms with E-state index in [0.717, 1.165) is 29.2 Å². The predicted molar refractivity (Wildman–Crippen MR) is 79.9 cm³/mol. The SMILES string of the molecule is CCNc1ccc(COCc2cccc(OC)c2)cn1. The fraction of sp³-hybridized carbons (Fsp3) is 0.312. The van der Waals surface area contributed by atoms with Crippen molar-refractivity contribution in [3.63, 3.8) is 0 Å². The molecule has 0 bridgehead atoms. The maximum atomic E-state index is 5.69. The number of benzene rings is 1. The number of hydrogen-bond donors (Lipinski definition) is 1.